The van der Waals surface area contributed by atoms with Gasteiger partial charge in [0.25, 0.3) is 5.19 Å². The molecule has 1 fully saturated rings. The number of carbonyl (C=O) groups excluding carboxylic acids is 1. The summed E-state index contributed by atoms with van der Waals surface area (Å²) < 4.78 is 31.1. The molecular weight excluding hydrogens is 431 g/mol. The first-order chi connectivity index (χ1) is 14.3. The molecule has 0 saturated heterocycles. The van der Waals surface area contributed by atoms with Crippen LogP contribution in [0.25, 0.3) is 10.2 Å². The summed E-state index contributed by atoms with van der Waals surface area (Å²) in [6.07, 6.45) is 3.27. The van der Waals surface area contributed by atoms with Crippen molar-refractivity contribution < 1.29 is 23.4 Å². The minimum absolute atomic E-state index is 0.00294. The Hall–Kier alpha value is -1.64. The maximum Gasteiger partial charge on any atom is 0.274 e. The maximum absolute atomic E-state index is 12.7. The van der Waals surface area contributed by atoms with Crippen LogP contribution in [0.3, 0.4) is 0 Å². The van der Waals surface area contributed by atoms with Gasteiger partial charge >= 0.3 is 0 Å². The van der Waals surface area contributed by atoms with Gasteiger partial charge in [-0.2, -0.15) is 0 Å². The molecule has 1 aliphatic carbocycles. The van der Waals surface area contributed by atoms with Crippen molar-refractivity contribution in [3.05, 3.63) is 17.2 Å². The first-order valence-corrected chi connectivity index (χ1v) is 11.4. The van der Waals surface area contributed by atoms with Crippen molar-refractivity contribution in [3.8, 4) is 10.9 Å². The van der Waals surface area contributed by atoms with Gasteiger partial charge in [-0.25, -0.2) is 9.37 Å². The number of hydrogen-bond acceptors (Lipinski definition) is 6. The number of aromatic nitrogens is 1. The predicted octanol–water partition coefficient (Wildman–Crippen LogP) is 4.92. The number of nitrogens with zero attached hydrogens (tertiary/aromatic N) is 1. The van der Waals surface area contributed by atoms with Crippen LogP contribution in [0, 0.1) is 0 Å². The highest BCUT2D eigenvalue weighted by Gasteiger charge is 2.24. The summed E-state index contributed by atoms with van der Waals surface area (Å²) in [5.74, 6) is 0.579. The molecule has 0 spiro atoms. The Kier molecular flexibility index (Phi) is 8.13. The number of alkyl halides is 1. The molecule has 1 N–H and O–H groups in total. The summed E-state index contributed by atoms with van der Waals surface area (Å²) in [7, 11) is 0. The number of fused-ring (bicyclic) bond motifs is 1. The van der Waals surface area contributed by atoms with E-state index < -0.39 is 12.8 Å². The molecule has 1 aromatic heterocycles. The molecule has 0 aliphatic heterocycles. The number of amides is 1. The second-order valence-corrected chi connectivity index (χ2v) is 9.16. The van der Waals surface area contributed by atoms with E-state index in [1.807, 2.05) is 13.0 Å². The fourth-order valence-electron chi connectivity index (χ4n) is 3.42. The molecular formula is C21H28ClFN2O4S. The lowest BCUT2D eigenvalue weighted by Crippen LogP contribution is -2.36. The molecule has 166 valence electrons. The van der Waals surface area contributed by atoms with Gasteiger partial charge in [0.05, 0.1) is 34.1 Å². The topological polar surface area (TPSA) is 69.7 Å². The molecule has 2 aromatic rings. The number of rotatable bonds is 9. The summed E-state index contributed by atoms with van der Waals surface area (Å²) in [5, 5.41) is 3.75. The highest BCUT2D eigenvalue weighted by atomic mass is 35.5. The Morgan fingerprint density at radius 3 is 2.67 bits per heavy atom. The molecule has 3 rings (SSSR count). The van der Waals surface area contributed by atoms with Crippen molar-refractivity contribution >= 4 is 39.1 Å². The van der Waals surface area contributed by atoms with Crippen molar-refractivity contribution in [1.29, 1.82) is 0 Å². The van der Waals surface area contributed by atoms with Gasteiger partial charge in [-0.3, -0.25) is 4.79 Å². The Labute approximate surface area is 185 Å². The molecule has 0 bridgehead atoms. The summed E-state index contributed by atoms with van der Waals surface area (Å²) in [6.45, 7) is 5.04. The zero-order valence-electron chi connectivity index (χ0n) is 17.5. The lowest BCUT2D eigenvalue weighted by Gasteiger charge is -2.30. The van der Waals surface area contributed by atoms with Crippen molar-refractivity contribution in [2.24, 2.45) is 0 Å². The van der Waals surface area contributed by atoms with E-state index in [1.165, 1.54) is 18.3 Å². The van der Waals surface area contributed by atoms with E-state index in [0.717, 1.165) is 30.4 Å². The summed E-state index contributed by atoms with van der Waals surface area (Å²) in [4.78, 5) is 15.4. The van der Waals surface area contributed by atoms with Crippen molar-refractivity contribution in [3.63, 3.8) is 0 Å². The third kappa shape index (κ3) is 6.43. The molecule has 6 nitrogen and oxygen atoms in total. The number of carbonyl (C=O) groups is 1. The van der Waals surface area contributed by atoms with E-state index >= 15 is 0 Å². The number of ether oxygens (including phenoxy) is 3. The van der Waals surface area contributed by atoms with Gasteiger partial charge < -0.3 is 19.5 Å². The Bertz CT molecular complexity index is 857. The number of thiazole rings is 1. The van der Waals surface area contributed by atoms with Gasteiger partial charge in [0.2, 0.25) is 5.91 Å². The highest BCUT2D eigenvalue weighted by Crippen LogP contribution is 2.37. The molecule has 1 heterocycles. The summed E-state index contributed by atoms with van der Waals surface area (Å²) >= 11 is 7.75. The Balaban J connectivity index is 1.53. The van der Waals surface area contributed by atoms with E-state index in [-0.39, 0.29) is 24.2 Å². The van der Waals surface area contributed by atoms with Crippen LogP contribution in [0.15, 0.2) is 12.1 Å². The minimum Gasteiger partial charge on any atom is -0.489 e. The van der Waals surface area contributed by atoms with E-state index in [0.29, 0.717) is 28.1 Å². The normalized spacial score (nSPS) is 21.2. The molecule has 1 amide bonds. The SMILES string of the molecule is CC(=O)N[C@@H](C)COC1CCC(Oc2cc3sc(OC(C)CF)nc3cc2Cl)CC1. The lowest BCUT2D eigenvalue weighted by atomic mass is 9.95. The predicted molar refractivity (Wildman–Crippen MR) is 117 cm³/mol. The van der Waals surface area contributed by atoms with E-state index in [9.17, 15) is 9.18 Å². The third-order valence-corrected chi connectivity index (χ3v) is 6.09. The van der Waals surface area contributed by atoms with Gasteiger partial charge in [-0.1, -0.05) is 22.9 Å². The average molecular weight is 459 g/mol. The molecule has 1 unspecified atom stereocenters. The molecule has 1 saturated carbocycles. The Morgan fingerprint density at radius 2 is 2.00 bits per heavy atom. The van der Waals surface area contributed by atoms with Crippen molar-refractivity contribution in [2.75, 3.05) is 13.3 Å². The number of hydrogen-bond donors (Lipinski definition) is 1. The van der Waals surface area contributed by atoms with Crippen LogP contribution in [-0.2, 0) is 9.53 Å². The molecule has 9 heteroatoms. The first kappa shape index (κ1) is 23.0. The fraction of sp³-hybridized carbons (Fsp3) is 0.619. The second-order valence-electron chi connectivity index (χ2n) is 7.76. The van der Waals surface area contributed by atoms with Gasteiger partial charge in [-0.15, -0.1) is 0 Å². The van der Waals surface area contributed by atoms with Gasteiger partial charge in [-0.05, 0) is 45.6 Å². The quantitative estimate of drug-likeness (QED) is 0.577. The fourth-order valence-corrected chi connectivity index (χ4v) is 4.54. The number of nitrogens with one attached hydrogen (secondary N) is 1. The monoisotopic (exact) mass is 458 g/mol. The van der Waals surface area contributed by atoms with E-state index in [1.54, 1.807) is 13.0 Å². The third-order valence-electron chi connectivity index (χ3n) is 4.89. The second kappa shape index (κ2) is 10.6. The van der Waals surface area contributed by atoms with Crippen LogP contribution in [0.1, 0.15) is 46.5 Å². The van der Waals surface area contributed by atoms with Crippen LogP contribution < -0.4 is 14.8 Å². The van der Waals surface area contributed by atoms with Gasteiger partial charge in [0.15, 0.2) is 0 Å². The summed E-state index contributed by atoms with van der Waals surface area (Å²) in [5.41, 5.74) is 0.712. The summed E-state index contributed by atoms with van der Waals surface area (Å²) in [6, 6.07) is 3.64. The van der Waals surface area contributed by atoms with Crippen LogP contribution in [0.5, 0.6) is 10.9 Å². The molecule has 1 aromatic carbocycles. The van der Waals surface area contributed by atoms with Crippen LogP contribution in [-0.4, -0.2) is 48.5 Å². The zero-order chi connectivity index (χ0) is 21.7. The molecule has 30 heavy (non-hydrogen) atoms. The highest BCUT2D eigenvalue weighted by molar-refractivity contribution is 7.20. The average Bonchev–Trinajstić information content (AvgIpc) is 3.07. The molecule has 0 radical (unpaired) electrons. The molecule has 2 atom stereocenters. The minimum atomic E-state index is -0.566. The van der Waals surface area contributed by atoms with E-state index in [4.69, 9.17) is 25.8 Å². The van der Waals surface area contributed by atoms with Crippen LogP contribution in [0.4, 0.5) is 4.39 Å². The smallest absolute Gasteiger partial charge is 0.274 e. The van der Waals surface area contributed by atoms with Crippen molar-refractivity contribution in [1.82, 2.24) is 10.3 Å². The van der Waals surface area contributed by atoms with Crippen LogP contribution in [0.2, 0.25) is 5.02 Å². The lowest BCUT2D eigenvalue weighted by molar-refractivity contribution is -0.120. The van der Waals surface area contributed by atoms with Gasteiger partial charge in [0.1, 0.15) is 18.5 Å². The number of halogens is 2. The first-order valence-electron chi connectivity index (χ1n) is 10.2. The van der Waals surface area contributed by atoms with E-state index in [2.05, 4.69) is 10.3 Å². The zero-order valence-corrected chi connectivity index (χ0v) is 19.0. The number of benzene rings is 1. The standard InChI is InChI=1S/C21H28ClFN2O4S/c1-12(24-14(3)26)11-27-15-4-6-16(7-5-15)29-19-9-20-18(8-17(19)22)25-21(30-20)28-13(2)10-23/h8-9,12-13,15-16H,4-7,10-11H2,1-3H3,(H,24,26)/t12-,13?,15?,16?/m0/s1. The molecule has 1 aliphatic rings. The van der Waals surface area contributed by atoms with Crippen molar-refractivity contribution in [2.45, 2.75) is 70.8 Å². The Morgan fingerprint density at radius 1 is 1.30 bits per heavy atom. The van der Waals surface area contributed by atoms with Crippen LogP contribution >= 0.6 is 22.9 Å². The van der Waals surface area contributed by atoms with Gasteiger partial charge in [0, 0.05) is 19.0 Å². The maximum atomic E-state index is 12.7. The largest absolute Gasteiger partial charge is 0.489 e.